The lowest BCUT2D eigenvalue weighted by atomic mass is 10.3. The van der Waals surface area contributed by atoms with Gasteiger partial charge in [-0.3, -0.25) is 0 Å². The van der Waals surface area contributed by atoms with Gasteiger partial charge in [0.25, 0.3) is 10.0 Å². The highest BCUT2D eigenvalue weighted by molar-refractivity contribution is 9.10. The molecule has 0 saturated heterocycles. The van der Waals surface area contributed by atoms with Crippen LogP contribution in [0.4, 0.5) is 19.4 Å². The number of nitrogens with zero attached hydrogens (tertiary/aromatic N) is 2. The van der Waals surface area contributed by atoms with E-state index in [1.165, 1.54) is 10.9 Å². The minimum atomic E-state index is -4.79. The number of benzene rings is 1. The van der Waals surface area contributed by atoms with E-state index in [1.807, 2.05) is 0 Å². The molecule has 1 aromatic carbocycles. The highest BCUT2D eigenvalue weighted by Crippen LogP contribution is 2.28. The van der Waals surface area contributed by atoms with Crippen molar-refractivity contribution in [1.82, 2.24) is 4.98 Å². The number of carboxylic acid groups (broad SMARTS) is 1. The third-order valence-corrected chi connectivity index (χ3v) is 5.17. The number of halogens is 3. The number of hydrogen-bond donors (Lipinski definition) is 1. The summed E-state index contributed by atoms with van der Waals surface area (Å²) >= 11 is 3.68. The molecule has 6 nitrogen and oxygen atoms in total. The van der Waals surface area contributed by atoms with Crippen molar-refractivity contribution in [3.05, 3.63) is 39.1 Å². The van der Waals surface area contributed by atoms with Crippen molar-refractivity contribution < 1.29 is 27.1 Å². The molecule has 112 valence electrons. The summed E-state index contributed by atoms with van der Waals surface area (Å²) in [5, 5.41) is 10.2. The number of sulfonamides is 1. The summed E-state index contributed by atoms with van der Waals surface area (Å²) in [6.45, 7) is 0. The molecule has 0 aliphatic heterocycles. The van der Waals surface area contributed by atoms with Crippen LogP contribution in [-0.2, 0) is 10.0 Å². The topological polar surface area (TPSA) is 87.6 Å². The molecule has 0 saturated carbocycles. The van der Waals surface area contributed by atoms with Gasteiger partial charge < -0.3 is 5.11 Å². The van der Waals surface area contributed by atoms with Gasteiger partial charge in [-0.25, -0.2) is 27.0 Å². The molecule has 2 aromatic rings. The van der Waals surface area contributed by atoms with Crippen LogP contribution in [0.15, 0.2) is 32.4 Å². The van der Waals surface area contributed by atoms with Crippen LogP contribution in [0.2, 0.25) is 0 Å². The summed E-state index contributed by atoms with van der Waals surface area (Å²) in [6.07, 6.45) is -1.86. The van der Waals surface area contributed by atoms with Crippen LogP contribution in [0.1, 0.15) is 0 Å². The lowest BCUT2D eigenvalue weighted by Gasteiger charge is -2.17. The Morgan fingerprint density at radius 3 is 2.52 bits per heavy atom. The van der Waals surface area contributed by atoms with Crippen molar-refractivity contribution in [2.75, 3.05) is 4.31 Å². The zero-order valence-corrected chi connectivity index (χ0v) is 13.0. The van der Waals surface area contributed by atoms with Crippen molar-refractivity contribution in [3.8, 4) is 0 Å². The standard InChI is InChI=1S/C10H5BrF2N2O4S2/c11-5-1-8(7(13)2-6(5)12)21(18,19)15(10(16)17)9-3-20-4-14-9/h1-4H,(H,16,17). The molecule has 0 spiro atoms. The first kappa shape index (κ1) is 15.8. The molecule has 0 unspecified atom stereocenters. The second-order valence-electron chi connectivity index (χ2n) is 3.60. The quantitative estimate of drug-likeness (QED) is 0.802. The van der Waals surface area contributed by atoms with Crippen molar-refractivity contribution >= 4 is 49.2 Å². The molecule has 11 heteroatoms. The number of hydrogen-bond acceptors (Lipinski definition) is 5. The first-order valence-corrected chi connectivity index (χ1v) is 8.23. The second-order valence-corrected chi connectivity index (χ2v) is 6.92. The van der Waals surface area contributed by atoms with Gasteiger partial charge in [0, 0.05) is 11.4 Å². The average molecular weight is 399 g/mol. The molecule has 0 bridgehead atoms. The molecule has 0 aliphatic carbocycles. The van der Waals surface area contributed by atoms with Gasteiger partial charge >= 0.3 is 6.09 Å². The van der Waals surface area contributed by atoms with Gasteiger partial charge in [-0.15, -0.1) is 15.6 Å². The molecular formula is C10H5BrF2N2O4S2. The SMILES string of the molecule is O=C(O)N(c1cscn1)S(=O)(=O)c1cc(Br)c(F)cc1F. The third-order valence-electron chi connectivity index (χ3n) is 2.29. The normalized spacial score (nSPS) is 11.4. The zero-order chi connectivity index (χ0) is 15.8. The van der Waals surface area contributed by atoms with Crippen LogP contribution >= 0.6 is 27.3 Å². The molecule has 0 radical (unpaired) electrons. The number of thiazole rings is 1. The fourth-order valence-electron chi connectivity index (χ4n) is 1.43. The highest BCUT2D eigenvalue weighted by Gasteiger charge is 2.35. The summed E-state index contributed by atoms with van der Waals surface area (Å²) < 4.78 is 51.0. The second kappa shape index (κ2) is 5.66. The lowest BCUT2D eigenvalue weighted by molar-refractivity contribution is 0.206. The van der Waals surface area contributed by atoms with E-state index in [4.69, 9.17) is 5.11 Å². The molecule has 0 aliphatic rings. The first-order chi connectivity index (χ1) is 9.75. The molecule has 1 N–H and O–H groups in total. The fourth-order valence-corrected chi connectivity index (χ4v) is 3.83. The van der Waals surface area contributed by atoms with Crippen LogP contribution in [0.5, 0.6) is 0 Å². The summed E-state index contributed by atoms with van der Waals surface area (Å²) in [7, 11) is -4.79. The Labute approximate surface area is 129 Å². The first-order valence-electron chi connectivity index (χ1n) is 5.06. The van der Waals surface area contributed by atoms with Crippen molar-refractivity contribution in [2.45, 2.75) is 4.90 Å². The number of anilines is 1. The van der Waals surface area contributed by atoms with E-state index >= 15 is 0 Å². The van der Waals surface area contributed by atoms with Gasteiger partial charge in [-0.05, 0) is 22.0 Å². The Morgan fingerprint density at radius 1 is 1.33 bits per heavy atom. The maximum absolute atomic E-state index is 13.7. The van der Waals surface area contributed by atoms with Crippen LogP contribution in [-0.4, -0.2) is 24.6 Å². The summed E-state index contributed by atoms with van der Waals surface area (Å²) in [5.41, 5.74) is 1.22. The number of carbonyl (C=O) groups is 1. The van der Waals surface area contributed by atoms with E-state index in [-0.39, 0.29) is 8.78 Å². The van der Waals surface area contributed by atoms with Crippen LogP contribution < -0.4 is 4.31 Å². The maximum Gasteiger partial charge on any atom is 0.427 e. The van der Waals surface area contributed by atoms with Crippen LogP contribution in [0.3, 0.4) is 0 Å². The number of amides is 1. The van der Waals surface area contributed by atoms with E-state index in [9.17, 15) is 22.0 Å². The van der Waals surface area contributed by atoms with E-state index < -0.39 is 38.5 Å². The van der Waals surface area contributed by atoms with E-state index in [0.29, 0.717) is 12.1 Å². The monoisotopic (exact) mass is 398 g/mol. The van der Waals surface area contributed by atoms with Crippen molar-refractivity contribution in [3.63, 3.8) is 0 Å². The smallest absolute Gasteiger partial charge is 0.427 e. The summed E-state index contributed by atoms with van der Waals surface area (Å²) in [6, 6.07) is 1.00. The minimum absolute atomic E-state index is 0.0771. The molecule has 1 amide bonds. The Kier molecular flexibility index (Phi) is 4.25. The van der Waals surface area contributed by atoms with Gasteiger partial charge in [0.15, 0.2) is 5.82 Å². The Morgan fingerprint density at radius 2 is 2.00 bits per heavy atom. The molecular weight excluding hydrogens is 394 g/mol. The van der Waals surface area contributed by atoms with Gasteiger partial charge in [0.2, 0.25) is 0 Å². The van der Waals surface area contributed by atoms with E-state index in [0.717, 1.165) is 11.3 Å². The maximum atomic E-state index is 13.7. The zero-order valence-electron chi connectivity index (χ0n) is 9.83. The highest BCUT2D eigenvalue weighted by atomic mass is 79.9. The van der Waals surface area contributed by atoms with Gasteiger partial charge in [0.05, 0.1) is 9.98 Å². The predicted molar refractivity (Wildman–Crippen MR) is 73.9 cm³/mol. The molecule has 1 aromatic heterocycles. The Bertz CT molecular complexity index is 796. The van der Waals surface area contributed by atoms with Crippen LogP contribution in [0.25, 0.3) is 0 Å². The molecule has 0 atom stereocenters. The molecule has 0 fully saturated rings. The predicted octanol–water partition coefficient (Wildman–Crippen LogP) is 3.06. The van der Waals surface area contributed by atoms with Crippen LogP contribution in [0, 0.1) is 11.6 Å². The number of aromatic nitrogens is 1. The average Bonchev–Trinajstić information content (AvgIpc) is 2.86. The lowest BCUT2D eigenvalue weighted by Crippen LogP contribution is -2.36. The largest absolute Gasteiger partial charge is 0.464 e. The Balaban J connectivity index is 2.65. The van der Waals surface area contributed by atoms with E-state index in [2.05, 4.69) is 20.9 Å². The summed E-state index contributed by atoms with van der Waals surface area (Å²) in [5.74, 6) is -2.81. The van der Waals surface area contributed by atoms with Crippen molar-refractivity contribution in [2.24, 2.45) is 0 Å². The Hall–Kier alpha value is -1.59. The van der Waals surface area contributed by atoms with Crippen molar-refractivity contribution in [1.29, 1.82) is 0 Å². The fraction of sp³-hybridized carbons (Fsp3) is 0. The molecule has 1 heterocycles. The molecule has 21 heavy (non-hydrogen) atoms. The third kappa shape index (κ3) is 2.89. The van der Waals surface area contributed by atoms with Gasteiger partial charge in [-0.1, -0.05) is 0 Å². The summed E-state index contributed by atoms with van der Waals surface area (Å²) in [4.78, 5) is 13.8. The minimum Gasteiger partial charge on any atom is -0.464 e. The molecule has 2 rings (SSSR count). The van der Waals surface area contributed by atoms with Gasteiger partial charge in [-0.2, -0.15) is 0 Å². The van der Waals surface area contributed by atoms with E-state index in [1.54, 1.807) is 0 Å². The van der Waals surface area contributed by atoms with Gasteiger partial charge in [0.1, 0.15) is 16.5 Å². The number of rotatable bonds is 3.